The van der Waals surface area contributed by atoms with E-state index in [0.29, 0.717) is 28.3 Å². The molecule has 2 aliphatic heterocycles. The third-order valence-electron chi connectivity index (χ3n) is 7.22. The van der Waals surface area contributed by atoms with Crippen LogP contribution in [0.1, 0.15) is 28.8 Å². The molecule has 2 aromatic carbocycles. The number of para-hydroxylation sites is 1. The Bertz CT molecular complexity index is 1220. The Morgan fingerprint density at radius 2 is 1.97 bits per heavy atom. The second-order valence-corrected chi connectivity index (χ2v) is 8.81. The van der Waals surface area contributed by atoms with Gasteiger partial charge in [0.2, 0.25) is 0 Å². The number of amides is 1. The SMILES string of the molecule is O=C(NC1CN2CCC3CC312)c1cccc2ccc(-c3cccc(C(F)(F)F)c3)nc12. The summed E-state index contributed by atoms with van der Waals surface area (Å²) in [6.07, 6.45) is -2.05. The van der Waals surface area contributed by atoms with Gasteiger partial charge >= 0.3 is 6.18 Å². The van der Waals surface area contributed by atoms with Crippen LogP contribution in [0.2, 0.25) is 0 Å². The van der Waals surface area contributed by atoms with E-state index in [0.717, 1.165) is 37.0 Å². The molecule has 4 nitrogen and oxygen atoms in total. The quantitative estimate of drug-likeness (QED) is 0.675. The van der Waals surface area contributed by atoms with E-state index in [1.165, 1.54) is 12.5 Å². The van der Waals surface area contributed by atoms with Crippen molar-refractivity contribution in [2.45, 2.75) is 30.6 Å². The van der Waals surface area contributed by atoms with Crippen LogP contribution in [0.5, 0.6) is 0 Å². The Morgan fingerprint density at radius 3 is 2.74 bits per heavy atom. The van der Waals surface area contributed by atoms with Gasteiger partial charge in [-0.2, -0.15) is 13.2 Å². The number of benzene rings is 2. The molecule has 1 aromatic heterocycles. The van der Waals surface area contributed by atoms with Crippen molar-refractivity contribution >= 4 is 16.8 Å². The normalized spacial score (nSPS) is 26.8. The molecule has 0 bridgehead atoms. The predicted molar refractivity (Wildman–Crippen MR) is 110 cm³/mol. The first kappa shape index (κ1) is 18.8. The standard InChI is InChI=1S/C24H20F3N3O/c25-24(26,27)16-5-1-4-15(11-16)19-8-7-14-3-2-6-18(21(14)28-19)22(31)29-20-13-30-10-9-17-12-23(17,20)30/h1-8,11,17,20H,9-10,12-13H2,(H,29,31). The molecule has 3 unspecified atom stereocenters. The number of pyridine rings is 1. The molecule has 1 N–H and O–H groups in total. The number of carbonyl (C=O) groups excluding carboxylic acids is 1. The molecule has 3 aromatic rings. The van der Waals surface area contributed by atoms with Crippen LogP contribution in [0.4, 0.5) is 13.2 Å². The largest absolute Gasteiger partial charge is 0.416 e. The molecule has 3 heterocycles. The molecule has 3 fully saturated rings. The van der Waals surface area contributed by atoms with Crippen molar-refractivity contribution in [2.24, 2.45) is 5.92 Å². The van der Waals surface area contributed by atoms with Crippen molar-refractivity contribution < 1.29 is 18.0 Å². The minimum Gasteiger partial charge on any atom is -0.346 e. The topological polar surface area (TPSA) is 45.2 Å². The number of nitrogens with one attached hydrogen (secondary N) is 1. The predicted octanol–water partition coefficient (Wildman–Crippen LogP) is 4.50. The van der Waals surface area contributed by atoms with Crippen molar-refractivity contribution in [3.8, 4) is 11.3 Å². The van der Waals surface area contributed by atoms with E-state index < -0.39 is 11.7 Å². The first-order valence-corrected chi connectivity index (χ1v) is 10.5. The maximum atomic E-state index is 13.1. The van der Waals surface area contributed by atoms with E-state index in [9.17, 15) is 18.0 Å². The summed E-state index contributed by atoms with van der Waals surface area (Å²) in [4.78, 5) is 20.2. The fraction of sp³-hybridized carbons (Fsp3) is 0.333. The number of piperidine rings is 1. The zero-order chi connectivity index (χ0) is 21.4. The van der Waals surface area contributed by atoms with Crippen LogP contribution in [0.15, 0.2) is 54.6 Å². The number of fused-ring (bicyclic) bond motifs is 1. The molecule has 1 spiro atoms. The molecule has 1 aliphatic carbocycles. The number of alkyl halides is 3. The Hall–Kier alpha value is -2.93. The van der Waals surface area contributed by atoms with Gasteiger partial charge in [0.1, 0.15) is 0 Å². The Kier molecular flexibility index (Phi) is 3.82. The summed E-state index contributed by atoms with van der Waals surface area (Å²) < 4.78 is 39.4. The fourth-order valence-electron chi connectivity index (χ4n) is 5.52. The molecule has 3 atom stereocenters. The average Bonchev–Trinajstić information content (AvgIpc) is 3.46. The van der Waals surface area contributed by atoms with E-state index >= 15 is 0 Å². The monoisotopic (exact) mass is 423 g/mol. The van der Waals surface area contributed by atoms with E-state index in [1.54, 1.807) is 24.3 Å². The molecule has 6 rings (SSSR count). The van der Waals surface area contributed by atoms with Crippen molar-refractivity contribution in [1.82, 2.24) is 15.2 Å². The molecular weight excluding hydrogens is 403 g/mol. The first-order chi connectivity index (χ1) is 14.9. The molecule has 31 heavy (non-hydrogen) atoms. The Morgan fingerprint density at radius 1 is 1.13 bits per heavy atom. The van der Waals surface area contributed by atoms with Crippen LogP contribution in [0, 0.1) is 5.92 Å². The van der Waals surface area contributed by atoms with Gasteiger partial charge in [-0.15, -0.1) is 0 Å². The molecule has 3 aliphatic rings. The number of carbonyl (C=O) groups is 1. The molecule has 0 radical (unpaired) electrons. The van der Waals surface area contributed by atoms with Gasteiger partial charge < -0.3 is 5.32 Å². The lowest BCUT2D eigenvalue weighted by Crippen LogP contribution is -2.67. The third-order valence-corrected chi connectivity index (χ3v) is 7.22. The number of rotatable bonds is 3. The van der Waals surface area contributed by atoms with Crippen molar-refractivity contribution in [2.75, 3.05) is 13.1 Å². The lowest BCUT2D eigenvalue weighted by molar-refractivity contribution is -0.137. The molecule has 158 valence electrons. The summed E-state index contributed by atoms with van der Waals surface area (Å²) >= 11 is 0. The zero-order valence-corrected chi connectivity index (χ0v) is 16.6. The Labute approximate surface area is 177 Å². The van der Waals surface area contributed by atoms with E-state index in [-0.39, 0.29) is 17.5 Å². The summed E-state index contributed by atoms with van der Waals surface area (Å²) in [5, 5.41) is 3.98. The van der Waals surface area contributed by atoms with Crippen LogP contribution < -0.4 is 5.32 Å². The van der Waals surface area contributed by atoms with Crippen molar-refractivity contribution in [1.29, 1.82) is 0 Å². The van der Waals surface area contributed by atoms with Gasteiger partial charge in [-0.1, -0.05) is 30.3 Å². The third kappa shape index (κ3) is 2.79. The van der Waals surface area contributed by atoms with Crippen LogP contribution >= 0.6 is 0 Å². The summed E-state index contributed by atoms with van der Waals surface area (Å²) in [6, 6.07) is 14.1. The minimum absolute atomic E-state index is 0.161. The van der Waals surface area contributed by atoms with Gasteiger partial charge in [0, 0.05) is 23.0 Å². The van der Waals surface area contributed by atoms with Crippen LogP contribution in [0.3, 0.4) is 0 Å². The number of halogens is 3. The highest BCUT2D eigenvalue weighted by atomic mass is 19.4. The smallest absolute Gasteiger partial charge is 0.346 e. The fourth-order valence-corrected chi connectivity index (χ4v) is 5.52. The summed E-state index contributed by atoms with van der Waals surface area (Å²) in [6.45, 7) is 2.00. The summed E-state index contributed by atoms with van der Waals surface area (Å²) in [5.74, 6) is 0.528. The summed E-state index contributed by atoms with van der Waals surface area (Å²) in [7, 11) is 0. The van der Waals surface area contributed by atoms with Gasteiger partial charge in [-0.3, -0.25) is 9.69 Å². The first-order valence-electron chi connectivity index (χ1n) is 10.5. The maximum Gasteiger partial charge on any atom is 0.416 e. The lowest BCUT2D eigenvalue weighted by atomic mass is 9.93. The molecule has 1 saturated carbocycles. The zero-order valence-electron chi connectivity index (χ0n) is 16.6. The highest BCUT2D eigenvalue weighted by molar-refractivity contribution is 6.06. The Balaban J connectivity index is 1.33. The van der Waals surface area contributed by atoms with Gasteiger partial charge in [0.25, 0.3) is 5.91 Å². The molecule has 2 saturated heterocycles. The highest BCUT2D eigenvalue weighted by Gasteiger charge is 2.72. The van der Waals surface area contributed by atoms with Crippen LogP contribution in [-0.2, 0) is 6.18 Å². The van der Waals surface area contributed by atoms with Crippen molar-refractivity contribution in [3.63, 3.8) is 0 Å². The number of aromatic nitrogens is 1. The number of nitrogens with zero attached hydrogens (tertiary/aromatic N) is 2. The molecule has 7 heteroatoms. The maximum absolute atomic E-state index is 13.1. The number of hydrogen-bond donors (Lipinski definition) is 1. The minimum atomic E-state index is -4.42. The second-order valence-electron chi connectivity index (χ2n) is 8.81. The highest BCUT2D eigenvalue weighted by Crippen LogP contribution is 2.62. The van der Waals surface area contributed by atoms with Crippen molar-refractivity contribution in [3.05, 3.63) is 65.7 Å². The molecule has 1 amide bonds. The van der Waals surface area contributed by atoms with Gasteiger partial charge in [-0.25, -0.2) is 4.98 Å². The van der Waals surface area contributed by atoms with E-state index in [2.05, 4.69) is 15.2 Å². The van der Waals surface area contributed by atoms with Crippen LogP contribution in [0.25, 0.3) is 22.2 Å². The lowest BCUT2D eigenvalue weighted by Gasteiger charge is -2.47. The van der Waals surface area contributed by atoms with Gasteiger partial charge in [0.05, 0.1) is 28.4 Å². The van der Waals surface area contributed by atoms with E-state index in [1.807, 2.05) is 12.1 Å². The number of hydrogen-bond acceptors (Lipinski definition) is 3. The van der Waals surface area contributed by atoms with Gasteiger partial charge in [0.15, 0.2) is 0 Å². The molecular formula is C24H20F3N3O. The average molecular weight is 423 g/mol. The summed E-state index contributed by atoms with van der Waals surface area (Å²) in [5.41, 5.74) is 1.19. The van der Waals surface area contributed by atoms with Crippen LogP contribution in [-0.4, -0.2) is 40.5 Å². The van der Waals surface area contributed by atoms with E-state index in [4.69, 9.17) is 0 Å². The second kappa shape index (κ2) is 6.29. The van der Waals surface area contributed by atoms with Gasteiger partial charge in [-0.05, 0) is 49.6 Å².